The summed E-state index contributed by atoms with van der Waals surface area (Å²) in [7, 11) is 1.60. The van der Waals surface area contributed by atoms with Crippen molar-refractivity contribution in [3.8, 4) is 5.75 Å². The van der Waals surface area contributed by atoms with Crippen LogP contribution in [0, 0.1) is 0 Å². The van der Waals surface area contributed by atoms with Crippen molar-refractivity contribution in [3.63, 3.8) is 0 Å². The number of pyridine rings is 1. The number of aromatic nitrogens is 1. The molecule has 0 aliphatic rings. The van der Waals surface area contributed by atoms with Crippen molar-refractivity contribution in [2.45, 2.75) is 6.92 Å². The molecule has 0 bridgehead atoms. The van der Waals surface area contributed by atoms with Crippen LogP contribution in [0.15, 0.2) is 48.5 Å². The summed E-state index contributed by atoms with van der Waals surface area (Å²) in [6.45, 7) is 2.05. The maximum Gasteiger partial charge on any atom is 0.338 e. The predicted octanol–water partition coefficient (Wildman–Crippen LogP) is 4.47. The van der Waals surface area contributed by atoms with Crippen molar-refractivity contribution in [2.24, 2.45) is 0 Å². The number of carbonyl (C=O) groups excluding carboxylic acids is 2. The van der Waals surface area contributed by atoms with Crippen LogP contribution in [0.3, 0.4) is 0 Å². The van der Waals surface area contributed by atoms with E-state index in [1.54, 1.807) is 38.3 Å². The minimum absolute atomic E-state index is 0.304. The molecule has 1 amide bonds. The normalized spacial score (nSPS) is 10.9. The van der Waals surface area contributed by atoms with Crippen LogP contribution in [0.4, 0.5) is 11.4 Å². The number of nitrogens with zero attached hydrogens (tertiary/aromatic N) is 1. The summed E-state index contributed by atoms with van der Waals surface area (Å²) >= 11 is 1.23. The molecule has 2 aromatic carbocycles. The van der Waals surface area contributed by atoms with E-state index in [2.05, 4.69) is 10.3 Å². The van der Waals surface area contributed by atoms with Gasteiger partial charge in [0.1, 0.15) is 15.5 Å². The molecule has 2 aromatic heterocycles. The number of hydrogen-bond donors (Lipinski definition) is 2. The zero-order valence-electron chi connectivity index (χ0n) is 16.4. The summed E-state index contributed by atoms with van der Waals surface area (Å²) in [5.41, 5.74) is 8.39. The van der Waals surface area contributed by atoms with E-state index in [4.69, 9.17) is 15.2 Å². The molecule has 8 heteroatoms. The Balaban J connectivity index is 1.62. The van der Waals surface area contributed by atoms with Crippen molar-refractivity contribution in [2.75, 3.05) is 24.8 Å². The molecule has 0 spiro atoms. The topological polar surface area (TPSA) is 104 Å². The first-order chi connectivity index (χ1) is 14.5. The van der Waals surface area contributed by atoms with E-state index >= 15 is 0 Å². The lowest BCUT2D eigenvalue weighted by atomic mass is 10.1. The Morgan fingerprint density at radius 3 is 2.60 bits per heavy atom. The van der Waals surface area contributed by atoms with E-state index in [-0.39, 0.29) is 5.91 Å². The number of methoxy groups -OCH3 is 1. The monoisotopic (exact) mass is 421 g/mol. The molecule has 2 heterocycles. The van der Waals surface area contributed by atoms with Crippen molar-refractivity contribution < 1.29 is 19.1 Å². The molecule has 0 atom stereocenters. The minimum Gasteiger partial charge on any atom is -0.497 e. The van der Waals surface area contributed by atoms with Crippen LogP contribution in [0.2, 0.25) is 0 Å². The highest BCUT2D eigenvalue weighted by atomic mass is 32.1. The van der Waals surface area contributed by atoms with Crippen molar-refractivity contribution >= 4 is 55.7 Å². The van der Waals surface area contributed by atoms with Crippen LogP contribution in [0.1, 0.15) is 27.0 Å². The molecule has 0 aliphatic heterocycles. The summed E-state index contributed by atoms with van der Waals surface area (Å²) in [4.78, 5) is 30.2. The van der Waals surface area contributed by atoms with Gasteiger partial charge in [-0.15, -0.1) is 11.3 Å². The molecule has 3 N–H and O–H groups in total. The van der Waals surface area contributed by atoms with Crippen LogP contribution < -0.4 is 15.8 Å². The van der Waals surface area contributed by atoms with E-state index < -0.39 is 5.97 Å². The smallest absolute Gasteiger partial charge is 0.338 e. The summed E-state index contributed by atoms with van der Waals surface area (Å²) in [6.07, 6.45) is 0. The van der Waals surface area contributed by atoms with Gasteiger partial charge in [0.25, 0.3) is 5.91 Å². The number of thiophene rings is 1. The van der Waals surface area contributed by atoms with E-state index in [0.717, 1.165) is 16.3 Å². The first-order valence-electron chi connectivity index (χ1n) is 9.25. The second-order valence-corrected chi connectivity index (χ2v) is 7.50. The average Bonchev–Trinajstić information content (AvgIpc) is 3.08. The molecule has 0 radical (unpaired) electrons. The summed E-state index contributed by atoms with van der Waals surface area (Å²) in [5.74, 6) is -0.0250. The summed E-state index contributed by atoms with van der Waals surface area (Å²) < 4.78 is 10.2. The number of fused-ring (bicyclic) bond motifs is 2. The average molecular weight is 421 g/mol. The number of nitrogens with one attached hydrogen (secondary N) is 1. The van der Waals surface area contributed by atoms with Gasteiger partial charge in [-0.2, -0.15) is 0 Å². The molecule has 0 aliphatic carbocycles. The number of amides is 1. The van der Waals surface area contributed by atoms with Gasteiger partial charge in [-0.1, -0.05) is 0 Å². The van der Waals surface area contributed by atoms with Crippen molar-refractivity contribution in [1.82, 2.24) is 4.98 Å². The van der Waals surface area contributed by atoms with Crippen molar-refractivity contribution in [3.05, 3.63) is 59.0 Å². The number of hydrogen-bond acceptors (Lipinski definition) is 7. The molecule has 0 saturated carbocycles. The third-order valence-electron chi connectivity index (χ3n) is 4.58. The van der Waals surface area contributed by atoms with Gasteiger partial charge in [0.2, 0.25) is 0 Å². The largest absolute Gasteiger partial charge is 0.497 e. The lowest BCUT2D eigenvalue weighted by Crippen LogP contribution is -2.12. The Morgan fingerprint density at radius 2 is 1.90 bits per heavy atom. The Labute approximate surface area is 176 Å². The minimum atomic E-state index is -0.404. The summed E-state index contributed by atoms with van der Waals surface area (Å²) in [5, 5.41) is 4.46. The third-order valence-corrected chi connectivity index (χ3v) is 5.70. The molecular formula is C22H19N3O4S. The van der Waals surface area contributed by atoms with Crippen LogP contribution in [-0.2, 0) is 4.74 Å². The third kappa shape index (κ3) is 3.65. The van der Waals surface area contributed by atoms with E-state index in [0.29, 0.717) is 39.0 Å². The first-order valence-corrected chi connectivity index (χ1v) is 10.1. The highest BCUT2D eigenvalue weighted by Crippen LogP contribution is 2.35. The summed E-state index contributed by atoms with van der Waals surface area (Å²) in [6, 6.07) is 14.0. The van der Waals surface area contributed by atoms with Crippen LogP contribution in [0.5, 0.6) is 5.75 Å². The highest BCUT2D eigenvalue weighted by molar-refractivity contribution is 7.21. The molecule has 4 aromatic rings. The molecule has 30 heavy (non-hydrogen) atoms. The SMILES string of the molecule is CCOC(=O)c1ccc(NC(=O)c2sc3nc4cc(OC)ccc4cc3c2N)cc1. The highest BCUT2D eigenvalue weighted by Gasteiger charge is 2.18. The van der Waals surface area contributed by atoms with Gasteiger partial charge in [-0.05, 0) is 49.4 Å². The molecule has 0 unspecified atom stereocenters. The Bertz CT molecular complexity index is 1270. The van der Waals surface area contributed by atoms with E-state index in [1.165, 1.54) is 11.3 Å². The lowest BCUT2D eigenvalue weighted by Gasteiger charge is -2.06. The predicted molar refractivity (Wildman–Crippen MR) is 118 cm³/mol. The molecule has 0 saturated heterocycles. The number of esters is 1. The Kier molecular flexibility index (Phi) is 5.24. The van der Waals surface area contributed by atoms with Gasteiger partial charge in [0.15, 0.2) is 0 Å². The Morgan fingerprint density at radius 1 is 1.13 bits per heavy atom. The number of anilines is 2. The second kappa shape index (κ2) is 8.00. The fraction of sp³-hybridized carbons (Fsp3) is 0.136. The molecule has 7 nitrogen and oxygen atoms in total. The fourth-order valence-electron chi connectivity index (χ4n) is 3.06. The maximum atomic E-state index is 12.8. The van der Waals surface area contributed by atoms with Gasteiger partial charge in [0.05, 0.1) is 30.5 Å². The van der Waals surface area contributed by atoms with Gasteiger partial charge in [-0.3, -0.25) is 4.79 Å². The van der Waals surface area contributed by atoms with Gasteiger partial charge >= 0.3 is 5.97 Å². The fourth-order valence-corrected chi connectivity index (χ4v) is 4.04. The van der Waals surface area contributed by atoms with E-state index in [9.17, 15) is 9.59 Å². The second-order valence-electron chi connectivity index (χ2n) is 6.50. The number of ether oxygens (including phenoxy) is 2. The standard InChI is InChI=1S/C22H19N3O4S/c1-3-29-22(27)12-4-7-14(8-5-12)24-20(26)19-18(23)16-10-13-6-9-15(28-2)11-17(13)25-21(16)30-19/h4-11H,3,23H2,1-2H3,(H,24,26). The Hall–Kier alpha value is -3.65. The number of nitrogens with two attached hydrogens (primary N) is 1. The number of benzene rings is 2. The zero-order chi connectivity index (χ0) is 21.3. The quantitative estimate of drug-likeness (QED) is 0.461. The number of nitrogen functional groups attached to an aromatic ring is 1. The van der Waals surface area contributed by atoms with Crippen LogP contribution in [0.25, 0.3) is 21.1 Å². The van der Waals surface area contributed by atoms with E-state index in [1.807, 2.05) is 24.3 Å². The molecule has 0 fully saturated rings. The van der Waals surface area contributed by atoms with Gasteiger partial charge < -0.3 is 20.5 Å². The molecular weight excluding hydrogens is 402 g/mol. The van der Waals surface area contributed by atoms with Crippen molar-refractivity contribution in [1.29, 1.82) is 0 Å². The van der Waals surface area contributed by atoms with Gasteiger partial charge in [0, 0.05) is 22.5 Å². The first kappa shape index (κ1) is 19.7. The number of carbonyl (C=O) groups is 2. The lowest BCUT2D eigenvalue weighted by molar-refractivity contribution is 0.0526. The van der Waals surface area contributed by atoms with Gasteiger partial charge in [-0.25, -0.2) is 9.78 Å². The van der Waals surface area contributed by atoms with Crippen LogP contribution in [-0.4, -0.2) is 30.6 Å². The number of rotatable bonds is 5. The maximum absolute atomic E-state index is 12.8. The van der Waals surface area contributed by atoms with Crippen LogP contribution >= 0.6 is 11.3 Å². The molecule has 4 rings (SSSR count). The zero-order valence-corrected chi connectivity index (χ0v) is 17.2. The molecule has 152 valence electrons.